The van der Waals surface area contributed by atoms with E-state index in [4.69, 9.17) is 11.6 Å². The third-order valence-electron chi connectivity index (χ3n) is 3.36. The summed E-state index contributed by atoms with van der Waals surface area (Å²) in [5.74, 6) is -0.300. The van der Waals surface area contributed by atoms with Crippen LogP contribution in [0.15, 0.2) is 40.9 Å². The summed E-state index contributed by atoms with van der Waals surface area (Å²) in [5.41, 5.74) is 2.06. The quantitative estimate of drug-likeness (QED) is 0.548. The number of carbonyl (C=O) groups is 1. The fraction of sp³-hybridized carbons (Fsp3) is 0.188. The molecular weight excluding hydrogens is 398 g/mol. The molecule has 0 unspecified atom stereocenters. The van der Waals surface area contributed by atoms with Crippen molar-refractivity contribution in [3.63, 3.8) is 0 Å². The fourth-order valence-electron chi connectivity index (χ4n) is 2.01. The molecule has 0 aromatic heterocycles. The zero-order valence-electron chi connectivity index (χ0n) is 13.0. The molecule has 2 N–H and O–H groups in total. The SMILES string of the molecule is Cc1cc(N[C@H](C)C(=O)Nc2ccc([N+](=O)[O-])cc2Cl)ccc1Br. The van der Waals surface area contributed by atoms with Crippen LogP contribution in [0, 0.1) is 17.0 Å². The number of amides is 1. The summed E-state index contributed by atoms with van der Waals surface area (Å²) in [6, 6.07) is 9.07. The number of anilines is 2. The number of rotatable bonds is 5. The van der Waals surface area contributed by atoms with Gasteiger partial charge in [-0.05, 0) is 43.7 Å². The topological polar surface area (TPSA) is 84.3 Å². The minimum atomic E-state index is -0.544. The summed E-state index contributed by atoms with van der Waals surface area (Å²) in [6.45, 7) is 3.67. The lowest BCUT2D eigenvalue weighted by atomic mass is 10.2. The average Bonchev–Trinajstić information content (AvgIpc) is 2.52. The zero-order valence-corrected chi connectivity index (χ0v) is 15.3. The smallest absolute Gasteiger partial charge is 0.271 e. The van der Waals surface area contributed by atoms with Gasteiger partial charge in [0.2, 0.25) is 5.91 Å². The zero-order chi connectivity index (χ0) is 17.9. The average molecular weight is 413 g/mol. The van der Waals surface area contributed by atoms with Crippen LogP contribution in [0.2, 0.25) is 5.02 Å². The highest BCUT2D eigenvalue weighted by molar-refractivity contribution is 9.10. The van der Waals surface area contributed by atoms with Crippen LogP contribution < -0.4 is 10.6 Å². The molecular formula is C16H15BrClN3O3. The van der Waals surface area contributed by atoms with E-state index in [0.29, 0.717) is 5.69 Å². The standard InChI is InChI=1S/C16H15BrClN3O3/c1-9-7-11(3-5-13(9)17)19-10(2)16(22)20-15-6-4-12(21(23)24)8-14(15)18/h3-8,10,19H,1-2H3,(H,20,22)/t10-/m1/s1. The van der Waals surface area contributed by atoms with Gasteiger partial charge in [-0.15, -0.1) is 0 Å². The van der Waals surface area contributed by atoms with Crippen molar-refractivity contribution >= 4 is 50.5 Å². The van der Waals surface area contributed by atoms with Crippen LogP contribution in [0.1, 0.15) is 12.5 Å². The Bertz CT molecular complexity index is 798. The van der Waals surface area contributed by atoms with E-state index < -0.39 is 11.0 Å². The summed E-state index contributed by atoms with van der Waals surface area (Å²) >= 11 is 9.40. The summed E-state index contributed by atoms with van der Waals surface area (Å²) < 4.78 is 0.989. The maximum absolute atomic E-state index is 12.3. The van der Waals surface area contributed by atoms with Crippen molar-refractivity contribution in [2.45, 2.75) is 19.9 Å². The van der Waals surface area contributed by atoms with Crippen molar-refractivity contribution in [3.8, 4) is 0 Å². The van der Waals surface area contributed by atoms with Crippen molar-refractivity contribution in [3.05, 3.63) is 61.6 Å². The highest BCUT2D eigenvalue weighted by Crippen LogP contribution is 2.27. The summed E-state index contributed by atoms with van der Waals surface area (Å²) in [6.07, 6.45) is 0. The van der Waals surface area contributed by atoms with Gasteiger partial charge < -0.3 is 10.6 Å². The largest absolute Gasteiger partial charge is 0.374 e. The number of nitro benzene ring substituents is 1. The molecule has 0 fully saturated rings. The van der Waals surface area contributed by atoms with E-state index in [0.717, 1.165) is 15.7 Å². The van der Waals surface area contributed by atoms with Gasteiger partial charge in [0.25, 0.3) is 5.69 Å². The molecule has 2 aromatic rings. The molecule has 24 heavy (non-hydrogen) atoms. The second kappa shape index (κ2) is 7.63. The van der Waals surface area contributed by atoms with Gasteiger partial charge in [-0.3, -0.25) is 14.9 Å². The third kappa shape index (κ3) is 4.46. The molecule has 1 amide bonds. The highest BCUT2D eigenvalue weighted by Gasteiger charge is 2.16. The van der Waals surface area contributed by atoms with Crippen LogP contribution in [-0.2, 0) is 4.79 Å². The number of halogens is 2. The summed E-state index contributed by atoms with van der Waals surface area (Å²) in [5, 5.41) is 16.6. The first-order valence-electron chi connectivity index (χ1n) is 7.05. The van der Waals surface area contributed by atoms with Gasteiger partial charge in [0.1, 0.15) is 6.04 Å². The molecule has 0 radical (unpaired) electrons. The number of carbonyl (C=O) groups excluding carboxylic acids is 1. The van der Waals surface area contributed by atoms with E-state index in [9.17, 15) is 14.9 Å². The monoisotopic (exact) mass is 411 g/mol. The number of nitro groups is 1. The van der Waals surface area contributed by atoms with Crippen molar-refractivity contribution in [2.24, 2.45) is 0 Å². The predicted molar refractivity (Wildman–Crippen MR) is 98.7 cm³/mol. The molecule has 0 heterocycles. The normalized spacial score (nSPS) is 11.7. The number of nitrogens with zero attached hydrogens (tertiary/aromatic N) is 1. The van der Waals surface area contributed by atoms with E-state index in [1.165, 1.54) is 18.2 Å². The Morgan fingerprint density at radius 3 is 2.58 bits per heavy atom. The van der Waals surface area contributed by atoms with Gasteiger partial charge in [0, 0.05) is 22.3 Å². The Morgan fingerprint density at radius 1 is 1.29 bits per heavy atom. The first-order chi connectivity index (χ1) is 11.3. The predicted octanol–water partition coefficient (Wildman–Crippen LogP) is 4.76. The maximum Gasteiger partial charge on any atom is 0.271 e. The van der Waals surface area contributed by atoms with Crippen LogP contribution in [0.25, 0.3) is 0 Å². The van der Waals surface area contributed by atoms with Crippen molar-refractivity contribution < 1.29 is 9.72 Å². The van der Waals surface area contributed by atoms with E-state index in [-0.39, 0.29) is 16.6 Å². The Kier molecular flexibility index (Phi) is 5.80. The van der Waals surface area contributed by atoms with Gasteiger partial charge in [0.05, 0.1) is 15.6 Å². The summed E-state index contributed by atoms with van der Waals surface area (Å²) in [4.78, 5) is 22.4. The lowest BCUT2D eigenvalue weighted by Gasteiger charge is -2.16. The van der Waals surface area contributed by atoms with Crippen LogP contribution in [0.3, 0.4) is 0 Å². The van der Waals surface area contributed by atoms with Crippen LogP contribution in [0.5, 0.6) is 0 Å². The van der Waals surface area contributed by atoms with E-state index in [1.54, 1.807) is 6.92 Å². The second-order valence-corrected chi connectivity index (χ2v) is 6.50. The molecule has 126 valence electrons. The number of hydrogen-bond donors (Lipinski definition) is 2. The van der Waals surface area contributed by atoms with Gasteiger partial charge in [-0.2, -0.15) is 0 Å². The molecule has 0 aliphatic rings. The van der Waals surface area contributed by atoms with Gasteiger partial charge in [-0.25, -0.2) is 0 Å². The first-order valence-corrected chi connectivity index (χ1v) is 8.22. The van der Waals surface area contributed by atoms with Crippen LogP contribution >= 0.6 is 27.5 Å². The molecule has 0 aliphatic heterocycles. The maximum atomic E-state index is 12.3. The van der Waals surface area contributed by atoms with Crippen LogP contribution in [0.4, 0.5) is 17.1 Å². The lowest BCUT2D eigenvalue weighted by molar-refractivity contribution is -0.384. The molecule has 0 saturated carbocycles. The van der Waals surface area contributed by atoms with E-state index in [1.807, 2.05) is 25.1 Å². The molecule has 6 nitrogen and oxygen atoms in total. The molecule has 1 atom stereocenters. The number of benzene rings is 2. The number of non-ortho nitro benzene ring substituents is 1. The Balaban J connectivity index is 2.06. The fourth-order valence-corrected chi connectivity index (χ4v) is 2.48. The Morgan fingerprint density at radius 2 is 2.00 bits per heavy atom. The third-order valence-corrected chi connectivity index (χ3v) is 4.56. The highest BCUT2D eigenvalue weighted by atomic mass is 79.9. The molecule has 2 aromatic carbocycles. The molecule has 2 rings (SSSR count). The number of hydrogen-bond acceptors (Lipinski definition) is 4. The second-order valence-electron chi connectivity index (χ2n) is 5.24. The Hall–Kier alpha value is -2.12. The minimum Gasteiger partial charge on any atom is -0.374 e. The first kappa shape index (κ1) is 18.2. The Labute approximate surface area is 152 Å². The molecule has 0 aliphatic carbocycles. The molecule has 8 heteroatoms. The van der Waals surface area contributed by atoms with Crippen molar-refractivity contribution in [1.29, 1.82) is 0 Å². The lowest BCUT2D eigenvalue weighted by Crippen LogP contribution is -2.32. The number of nitrogens with one attached hydrogen (secondary N) is 2. The summed E-state index contributed by atoms with van der Waals surface area (Å²) in [7, 11) is 0. The van der Waals surface area contributed by atoms with Crippen molar-refractivity contribution in [2.75, 3.05) is 10.6 Å². The van der Waals surface area contributed by atoms with Gasteiger partial charge >= 0.3 is 0 Å². The van der Waals surface area contributed by atoms with Gasteiger partial charge in [0.15, 0.2) is 0 Å². The van der Waals surface area contributed by atoms with Crippen molar-refractivity contribution in [1.82, 2.24) is 0 Å². The molecule has 0 spiro atoms. The van der Waals surface area contributed by atoms with Gasteiger partial charge in [-0.1, -0.05) is 27.5 Å². The molecule has 0 saturated heterocycles. The van der Waals surface area contributed by atoms with E-state index >= 15 is 0 Å². The van der Waals surface area contributed by atoms with Crippen LogP contribution in [-0.4, -0.2) is 16.9 Å². The van der Waals surface area contributed by atoms with E-state index in [2.05, 4.69) is 26.6 Å². The minimum absolute atomic E-state index is 0.115. The molecule has 0 bridgehead atoms. The number of aryl methyl sites for hydroxylation is 1.